The minimum atomic E-state index is -0.148. The molecule has 2 fully saturated rings. The van der Waals surface area contributed by atoms with Crippen LogP contribution in [0.3, 0.4) is 0 Å². The SMILES string of the molecule is CNCCC1CCCCN1C(=O)C1CCCO1. The Labute approximate surface area is 104 Å². The Morgan fingerprint density at radius 1 is 1.35 bits per heavy atom. The lowest BCUT2D eigenvalue weighted by molar-refractivity contribution is -0.144. The van der Waals surface area contributed by atoms with Crippen molar-refractivity contribution in [3.05, 3.63) is 0 Å². The molecule has 0 aliphatic carbocycles. The summed E-state index contributed by atoms with van der Waals surface area (Å²) in [5.41, 5.74) is 0. The second-order valence-corrected chi connectivity index (χ2v) is 5.08. The molecule has 1 N–H and O–H groups in total. The zero-order valence-electron chi connectivity index (χ0n) is 10.8. The first kappa shape index (κ1) is 12.8. The van der Waals surface area contributed by atoms with E-state index in [1.54, 1.807) is 0 Å². The van der Waals surface area contributed by atoms with Gasteiger partial charge in [-0.05, 0) is 52.1 Å². The van der Waals surface area contributed by atoms with Crippen LogP contribution in [0.1, 0.15) is 38.5 Å². The molecule has 2 unspecified atom stereocenters. The largest absolute Gasteiger partial charge is 0.368 e. The molecule has 2 heterocycles. The number of nitrogens with zero attached hydrogens (tertiary/aromatic N) is 1. The molecule has 0 spiro atoms. The number of carbonyl (C=O) groups is 1. The Bertz CT molecular complexity index is 252. The Hall–Kier alpha value is -0.610. The van der Waals surface area contributed by atoms with Gasteiger partial charge in [-0.2, -0.15) is 0 Å². The summed E-state index contributed by atoms with van der Waals surface area (Å²) in [4.78, 5) is 14.4. The van der Waals surface area contributed by atoms with Gasteiger partial charge in [-0.3, -0.25) is 4.79 Å². The Balaban J connectivity index is 1.92. The fourth-order valence-electron chi connectivity index (χ4n) is 2.86. The standard InChI is InChI=1S/C13H24N2O2/c1-14-8-7-11-5-2-3-9-15(11)13(16)12-6-4-10-17-12/h11-12,14H,2-10H2,1H3. The number of ether oxygens (including phenoxy) is 1. The van der Waals surface area contributed by atoms with Crippen LogP contribution < -0.4 is 5.32 Å². The van der Waals surface area contributed by atoms with Crippen LogP contribution in [0.5, 0.6) is 0 Å². The summed E-state index contributed by atoms with van der Waals surface area (Å²) in [6, 6.07) is 0.424. The lowest BCUT2D eigenvalue weighted by Crippen LogP contribution is -2.48. The van der Waals surface area contributed by atoms with Gasteiger partial charge < -0.3 is 15.0 Å². The summed E-state index contributed by atoms with van der Waals surface area (Å²) in [5, 5.41) is 3.17. The average Bonchev–Trinajstić information content (AvgIpc) is 2.89. The van der Waals surface area contributed by atoms with Crippen LogP contribution in [0.25, 0.3) is 0 Å². The molecule has 0 radical (unpaired) electrons. The Morgan fingerprint density at radius 2 is 2.24 bits per heavy atom. The van der Waals surface area contributed by atoms with Crippen molar-refractivity contribution in [3.8, 4) is 0 Å². The second kappa shape index (κ2) is 6.36. The summed E-state index contributed by atoms with van der Waals surface area (Å²) >= 11 is 0. The molecule has 1 amide bonds. The molecule has 4 nitrogen and oxygen atoms in total. The molecule has 2 aliphatic heterocycles. The van der Waals surface area contributed by atoms with Crippen LogP contribution in [0, 0.1) is 0 Å². The van der Waals surface area contributed by atoms with Crippen LogP contribution >= 0.6 is 0 Å². The van der Waals surface area contributed by atoms with E-state index in [9.17, 15) is 4.79 Å². The van der Waals surface area contributed by atoms with Gasteiger partial charge in [0.1, 0.15) is 6.10 Å². The summed E-state index contributed by atoms with van der Waals surface area (Å²) in [7, 11) is 1.97. The van der Waals surface area contributed by atoms with Crippen LogP contribution in [0.4, 0.5) is 0 Å². The maximum absolute atomic E-state index is 12.4. The predicted molar refractivity (Wildman–Crippen MR) is 66.9 cm³/mol. The maximum Gasteiger partial charge on any atom is 0.251 e. The van der Waals surface area contributed by atoms with E-state index < -0.39 is 0 Å². The molecule has 2 rings (SSSR count). The van der Waals surface area contributed by atoms with Crippen molar-refractivity contribution >= 4 is 5.91 Å². The molecule has 98 valence electrons. The van der Waals surface area contributed by atoms with E-state index in [4.69, 9.17) is 4.74 Å². The van der Waals surface area contributed by atoms with E-state index in [1.165, 1.54) is 6.42 Å². The molecule has 0 aromatic heterocycles. The highest BCUT2D eigenvalue weighted by Crippen LogP contribution is 2.23. The molecule has 0 saturated carbocycles. The van der Waals surface area contributed by atoms with Crippen molar-refractivity contribution in [2.45, 2.75) is 50.7 Å². The van der Waals surface area contributed by atoms with E-state index in [1.807, 2.05) is 7.05 Å². The van der Waals surface area contributed by atoms with Gasteiger partial charge in [-0.1, -0.05) is 0 Å². The first-order valence-corrected chi connectivity index (χ1v) is 6.89. The van der Waals surface area contributed by atoms with Crippen molar-refractivity contribution < 1.29 is 9.53 Å². The number of hydrogen-bond donors (Lipinski definition) is 1. The Kier molecular flexibility index (Phi) is 4.80. The van der Waals surface area contributed by atoms with Crippen molar-refractivity contribution in [1.82, 2.24) is 10.2 Å². The molecular weight excluding hydrogens is 216 g/mol. The van der Waals surface area contributed by atoms with Crippen LogP contribution in [-0.4, -0.2) is 49.7 Å². The minimum absolute atomic E-state index is 0.148. The third kappa shape index (κ3) is 3.19. The molecule has 17 heavy (non-hydrogen) atoms. The summed E-state index contributed by atoms with van der Waals surface area (Å²) < 4.78 is 5.51. The van der Waals surface area contributed by atoms with Crippen molar-refractivity contribution in [3.63, 3.8) is 0 Å². The number of rotatable bonds is 4. The monoisotopic (exact) mass is 240 g/mol. The molecule has 0 aromatic rings. The predicted octanol–water partition coefficient (Wildman–Crippen LogP) is 1.16. The van der Waals surface area contributed by atoms with Gasteiger partial charge >= 0.3 is 0 Å². The van der Waals surface area contributed by atoms with Gasteiger partial charge in [0.05, 0.1) is 0 Å². The number of likely N-dealkylation sites (tertiary alicyclic amines) is 1. The maximum atomic E-state index is 12.4. The van der Waals surface area contributed by atoms with Gasteiger partial charge in [0, 0.05) is 19.2 Å². The fourth-order valence-corrected chi connectivity index (χ4v) is 2.86. The first-order chi connectivity index (χ1) is 8.33. The van der Waals surface area contributed by atoms with Gasteiger partial charge in [-0.25, -0.2) is 0 Å². The van der Waals surface area contributed by atoms with E-state index >= 15 is 0 Å². The number of hydrogen-bond acceptors (Lipinski definition) is 3. The highest BCUT2D eigenvalue weighted by Gasteiger charge is 2.33. The highest BCUT2D eigenvalue weighted by molar-refractivity contribution is 5.81. The Morgan fingerprint density at radius 3 is 2.94 bits per heavy atom. The van der Waals surface area contributed by atoms with Crippen molar-refractivity contribution in [2.24, 2.45) is 0 Å². The van der Waals surface area contributed by atoms with Gasteiger partial charge in [0.15, 0.2) is 0 Å². The van der Waals surface area contributed by atoms with Crippen LogP contribution in [0.2, 0.25) is 0 Å². The molecule has 2 saturated heterocycles. The van der Waals surface area contributed by atoms with E-state index in [2.05, 4.69) is 10.2 Å². The summed E-state index contributed by atoms with van der Waals surface area (Å²) in [6.45, 7) is 2.67. The van der Waals surface area contributed by atoms with Gasteiger partial charge in [0.25, 0.3) is 5.91 Å². The van der Waals surface area contributed by atoms with Crippen LogP contribution in [-0.2, 0) is 9.53 Å². The first-order valence-electron chi connectivity index (χ1n) is 6.89. The topological polar surface area (TPSA) is 41.6 Å². The highest BCUT2D eigenvalue weighted by atomic mass is 16.5. The molecule has 4 heteroatoms. The fraction of sp³-hybridized carbons (Fsp3) is 0.923. The lowest BCUT2D eigenvalue weighted by Gasteiger charge is -2.37. The van der Waals surface area contributed by atoms with Gasteiger partial charge in [-0.15, -0.1) is 0 Å². The number of piperidine rings is 1. The quantitative estimate of drug-likeness (QED) is 0.801. The normalized spacial score (nSPS) is 29.6. The van der Waals surface area contributed by atoms with Crippen LogP contribution in [0.15, 0.2) is 0 Å². The smallest absolute Gasteiger partial charge is 0.251 e. The zero-order chi connectivity index (χ0) is 12.1. The number of amides is 1. The molecule has 2 atom stereocenters. The number of nitrogens with one attached hydrogen (secondary N) is 1. The van der Waals surface area contributed by atoms with E-state index in [0.717, 1.165) is 51.8 Å². The van der Waals surface area contributed by atoms with Crippen molar-refractivity contribution in [2.75, 3.05) is 26.7 Å². The summed E-state index contributed by atoms with van der Waals surface area (Å²) in [6.07, 6.45) is 6.41. The third-order valence-corrected chi connectivity index (χ3v) is 3.84. The zero-order valence-corrected chi connectivity index (χ0v) is 10.8. The van der Waals surface area contributed by atoms with Crippen molar-refractivity contribution in [1.29, 1.82) is 0 Å². The molecule has 2 aliphatic rings. The average molecular weight is 240 g/mol. The lowest BCUT2D eigenvalue weighted by atomic mass is 9.98. The second-order valence-electron chi connectivity index (χ2n) is 5.08. The van der Waals surface area contributed by atoms with Gasteiger partial charge in [0.2, 0.25) is 0 Å². The third-order valence-electron chi connectivity index (χ3n) is 3.84. The molecule has 0 aromatic carbocycles. The van der Waals surface area contributed by atoms with E-state index in [-0.39, 0.29) is 12.0 Å². The number of carbonyl (C=O) groups excluding carboxylic acids is 1. The molecular formula is C13H24N2O2. The summed E-state index contributed by atoms with van der Waals surface area (Å²) in [5.74, 6) is 0.239. The minimum Gasteiger partial charge on any atom is -0.368 e. The van der Waals surface area contributed by atoms with E-state index in [0.29, 0.717) is 6.04 Å². The molecule has 0 bridgehead atoms.